The fraction of sp³-hybridized carbons (Fsp3) is 0.0495. The zero-order chi connectivity index (χ0) is 75.4. The predicted octanol–water partition coefficient (Wildman–Crippen LogP) is 27.0. The molecule has 111 heavy (non-hydrogen) atoms. The lowest BCUT2D eigenvalue weighted by Crippen LogP contribution is -2.16. The van der Waals surface area contributed by atoms with Crippen LogP contribution in [0, 0.1) is 34.6 Å². The number of fused-ring (bicyclic) bond motifs is 7. The molecule has 5 heterocycles. The van der Waals surface area contributed by atoms with E-state index in [0.717, 1.165) is 158 Å². The Morgan fingerprint density at radius 3 is 1.13 bits per heavy atom. The van der Waals surface area contributed by atoms with Crippen LogP contribution >= 0.6 is 0 Å². The smallest absolute Gasteiger partial charge is 0.160 e. The number of hydrogen-bond acceptors (Lipinski definition) is 10. The number of hydrogen-bond donors (Lipinski definition) is 0. The molecule has 18 aromatic rings. The molecule has 0 aliphatic carbocycles. The third kappa shape index (κ3) is 15.7. The Hall–Kier alpha value is -14.5. The number of aromatic nitrogens is 6. The molecule has 2 aliphatic rings. The molecule has 20 rings (SSSR count). The average molecular weight is 1440 g/mol. The lowest BCUT2D eigenvalue weighted by molar-refractivity contribution is 0.476. The average Bonchev–Trinajstić information content (AvgIpc) is 0.771. The Morgan fingerprint density at radius 2 is 0.595 bits per heavy atom. The molecule has 534 valence electrons. The van der Waals surface area contributed by atoms with Gasteiger partial charge in [-0.3, -0.25) is 0 Å². The van der Waals surface area contributed by atoms with E-state index in [1.165, 1.54) is 27.8 Å². The van der Waals surface area contributed by atoms with Crippen LogP contribution in [0.15, 0.2) is 382 Å². The molecule has 0 bridgehead atoms. The highest BCUT2D eigenvalue weighted by atomic mass is 16.5. The van der Waals surface area contributed by atoms with Crippen molar-refractivity contribution in [3.8, 4) is 90.9 Å². The molecular formula is C101H78N8O2. The van der Waals surface area contributed by atoms with Gasteiger partial charge in [-0.05, 0) is 142 Å². The van der Waals surface area contributed by atoms with Crippen LogP contribution in [0.25, 0.3) is 101 Å². The number of aryl methyl sites for hydroxylation is 5. The summed E-state index contributed by atoms with van der Waals surface area (Å²) >= 11 is 0. The van der Waals surface area contributed by atoms with E-state index in [4.69, 9.17) is 39.4 Å². The van der Waals surface area contributed by atoms with Crippen LogP contribution in [0.4, 0.5) is 34.1 Å². The van der Waals surface area contributed by atoms with Crippen molar-refractivity contribution >= 4 is 66.8 Å². The fourth-order valence-corrected chi connectivity index (χ4v) is 13.9. The molecule has 15 aromatic carbocycles. The van der Waals surface area contributed by atoms with Crippen LogP contribution < -0.4 is 19.3 Å². The van der Waals surface area contributed by atoms with Gasteiger partial charge in [0.1, 0.15) is 0 Å². The minimum Gasteiger partial charge on any atom is -0.453 e. The summed E-state index contributed by atoms with van der Waals surface area (Å²) < 4.78 is 12.1. The third-order valence-electron chi connectivity index (χ3n) is 19.4. The molecule has 10 heteroatoms. The number of para-hydroxylation sites is 10. The molecule has 10 nitrogen and oxygen atoms in total. The van der Waals surface area contributed by atoms with Gasteiger partial charge in [0.25, 0.3) is 0 Å². The Kier molecular flexibility index (Phi) is 20.9. The van der Waals surface area contributed by atoms with E-state index in [0.29, 0.717) is 0 Å². The first-order valence-corrected chi connectivity index (χ1v) is 37.2. The molecule has 0 fully saturated rings. The zero-order valence-corrected chi connectivity index (χ0v) is 62.3. The minimum atomic E-state index is 0.766. The van der Waals surface area contributed by atoms with Crippen molar-refractivity contribution in [1.82, 2.24) is 29.9 Å². The van der Waals surface area contributed by atoms with Gasteiger partial charge in [0.05, 0.1) is 56.4 Å². The van der Waals surface area contributed by atoms with E-state index in [2.05, 4.69) is 232 Å². The second-order valence-corrected chi connectivity index (χ2v) is 27.3. The fourth-order valence-electron chi connectivity index (χ4n) is 13.9. The minimum absolute atomic E-state index is 0.766. The molecule has 0 spiro atoms. The van der Waals surface area contributed by atoms with Crippen molar-refractivity contribution in [1.29, 1.82) is 0 Å². The van der Waals surface area contributed by atoms with E-state index in [9.17, 15) is 0 Å². The molecule has 0 amide bonds. The van der Waals surface area contributed by atoms with Crippen LogP contribution in [-0.2, 0) is 0 Å². The molecule has 3 aromatic heterocycles. The van der Waals surface area contributed by atoms with Crippen molar-refractivity contribution in [2.24, 2.45) is 0 Å². The Morgan fingerprint density at radius 1 is 0.225 bits per heavy atom. The number of rotatable bonds is 8. The normalized spacial score (nSPS) is 11.4. The summed E-state index contributed by atoms with van der Waals surface area (Å²) in [5.41, 5.74) is 25.0. The second kappa shape index (κ2) is 32.7. The second-order valence-electron chi connectivity index (χ2n) is 27.3. The van der Waals surface area contributed by atoms with Crippen LogP contribution in [0.2, 0.25) is 0 Å². The SMILES string of the molecule is Cc1ccc(-c2nc(-c3ccccc3)c3ccccc3n2)cc1.Cc1ccc2c(c1)N(c1ccccc1)c1ccccc1O2.Cc1cccc(-c2nc(-c3ccccc3)c3ccccc3n2)c1.Cc1cccc2c1N(c1ccccc1)c1ccccc1O2.Cc1ccccc1-c1nc(-c2ccccc2)c2ccccc2n1. The van der Waals surface area contributed by atoms with E-state index >= 15 is 0 Å². The van der Waals surface area contributed by atoms with Crippen LogP contribution in [-0.4, -0.2) is 29.9 Å². The Balaban J connectivity index is 0.000000105. The van der Waals surface area contributed by atoms with Crippen molar-refractivity contribution in [2.75, 3.05) is 9.80 Å². The van der Waals surface area contributed by atoms with Crippen LogP contribution in [0.1, 0.15) is 27.8 Å². The predicted molar refractivity (Wildman–Crippen MR) is 457 cm³/mol. The standard InChI is InChI=1S/3C21H16N2.2C19H15NO/c1-15-9-5-6-12-17(15)21-22-19-14-8-7-13-18(19)20(23-21)16-10-3-2-4-11-16;1-15-8-7-11-17(14-15)21-22-19-13-6-5-12-18(19)20(23-21)16-9-3-2-4-10-16;1-15-11-13-17(14-12-15)21-22-19-10-6-5-9-18(19)20(23-21)16-7-3-2-4-8-16;1-14-8-7-13-18-19(14)20(15-9-3-2-4-10-15)16-11-5-6-12-17(16)21-18;1-14-11-12-19-17(13-14)20(15-7-3-2-4-8-15)16-9-5-6-10-18(16)21-19/h3*2-14H,1H3;2*2-13H,1H3. The maximum absolute atomic E-state index is 6.07. The van der Waals surface area contributed by atoms with Crippen LogP contribution in [0.3, 0.4) is 0 Å². The molecular weight excluding hydrogens is 1360 g/mol. The number of ether oxygens (including phenoxy) is 2. The third-order valence-corrected chi connectivity index (χ3v) is 19.4. The maximum Gasteiger partial charge on any atom is 0.160 e. The van der Waals surface area contributed by atoms with Gasteiger partial charge in [0.15, 0.2) is 40.5 Å². The number of benzene rings is 15. The van der Waals surface area contributed by atoms with E-state index in [1.807, 2.05) is 194 Å². The highest BCUT2D eigenvalue weighted by Crippen LogP contribution is 2.53. The largest absolute Gasteiger partial charge is 0.453 e. The first-order chi connectivity index (χ1) is 54.6. The number of nitrogens with zero attached hydrogens (tertiary/aromatic N) is 8. The quantitative estimate of drug-likeness (QED) is 0.146. The van der Waals surface area contributed by atoms with Gasteiger partial charge >= 0.3 is 0 Å². The van der Waals surface area contributed by atoms with Crippen LogP contribution in [0.5, 0.6) is 23.0 Å². The summed E-state index contributed by atoms with van der Waals surface area (Å²) in [6, 6.07) is 130. The molecule has 0 N–H and O–H groups in total. The van der Waals surface area contributed by atoms with Crippen molar-refractivity contribution in [3.63, 3.8) is 0 Å². The molecule has 0 unspecified atom stereocenters. The molecule has 0 saturated heterocycles. The summed E-state index contributed by atoms with van der Waals surface area (Å²) in [7, 11) is 0. The molecule has 2 aliphatic heterocycles. The topological polar surface area (TPSA) is 102 Å². The molecule has 0 radical (unpaired) electrons. The lowest BCUT2D eigenvalue weighted by atomic mass is 10.0. The van der Waals surface area contributed by atoms with Gasteiger partial charge in [-0.1, -0.05) is 302 Å². The van der Waals surface area contributed by atoms with E-state index in [-0.39, 0.29) is 0 Å². The Labute approximate surface area is 647 Å². The van der Waals surface area contributed by atoms with Crippen molar-refractivity contribution in [2.45, 2.75) is 34.6 Å². The summed E-state index contributed by atoms with van der Waals surface area (Å²) in [6.07, 6.45) is 0. The first kappa shape index (κ1) is 70.8. The maximum atomic E-state index is 6.07. The van der Waals surface area contributed by atoms with Gasteiger partial charge in [-0.25, -0.2) is 29.9 Å². The van der Waals surface area contributed by atoms with Gasteiger partial charge in [-0.2, -0.15) is 0 Å². The van der Waals surface area contributed by atoms with Crippen molar-refractivity contribution < 1.29 is 9.47 Å². The summed E-state index contributed by atoms with van der Waals surface area (Å²) in [5.74, 6) is 5.88. The van der Waals surface area contributed by atoms with Gasteiger partial charge in [0, 0.05) is 60.9 Å². The monoisotopic (exact) mass is 1430 g/mol. The van der Waals surface area contributed by atoms with Gasteiger partial charge in [-0.15, -0.1) is 0 Å². The summed E-state index contributed by atoms with van der Waals surface area (Å²) in [5, 5.41) is 3.24. The van der Waals surface area contributed by atoms with Gasteiger partial charge in [0.2, 0.25) is 0 Å². The lowest BCUT2D eigenvalue weighted by Gasteiger charge is -2.33. The zero-order valence-electron chi connectivity index (χ0n) is 62.3. The summed E-state index contributed by atoms with van der Waals surface area (Å²) in [4.78, 5) is 33.4. The highest BCUT2D eigenvalue weighted by molar-refractivity contribution is 5.97. The molecule has 0 atom stereocenters. The Bertz CT molecular complexity index is 6290. The van der Waals surface area contributed by atoms with E-state index in [1.54, 1.807) is 0 Å². The highest BCUT2D eigenvalue weighted by Gasteiger charge is 2.28. The van der Waals surface area contributed by atoms with Crippen molar-refractivity contribution in [3.05, 3.63) is 410 Å². The summed E-state index contributed by atoms with van der Waals surface area (Å²) in [6.45, 7) is 10.5. The number of anilines is 6. The molecule has 0 saturated carbocycles. The first-order valence-electron chi connectivity index (χ1n) is 37.2. The van der Waals surface area contributed by atoms with E-state index < -0.39 is 0 Å². The van der Waals surface area contributed by atoms with Gasteiger partial charge < -0.3 is 19.3 Å².